The predicted octanol–water partition coefficient (Wildman–Crippen LogP) is 1.80. The van der Waals surface area contributed by atoms with E-state index in [1.54, 1.807) is 6.33 Å². The van der Waals surface area contributed by atoms with E-state index in [1.807, 2.05) is 0 Å². The quantitative estimate of drug-likeness (QED) is 0.601. The third kappa shape index (κ3) is 5.28. The molecule has 0 spiro atoms. The second-order valence-corrected chi connectivity index (χ2v) is 10.2. The first-order valence-electron chi connectivity index (χ1n) is 12.0. The molecule has 2 aromatic rings. The Morgan fingerprint density at radius 2 is 1.62 bits per heavy atom. The Balaban J connectivity index is 1.80. The van der Waals surface area contributed by atoms with Crippen molar-refractivity contribution in [1.82, 2.24) is 25.3 Å². The Bertz CT molecular complexity index is 902. The van der Waals surface area contributed by atoms with Crippen molar-refractivity contribution >= 4 is 39.4 Å². The van der Waals surface area contributed by atoms with Gasteiger partial charge in [0.1, 0.15) is 17.4 Å². The summed E-state index contributed by atoms with van der Waals surface area (Å²) in [5.74, 6) is 3.87. The molecule has 0 unspecified atom stereocenters. The lowest BCUT2D eigenvalue weighted by Crippen LogP contribution is -2.44. The Morgan fingerprint density at radius 1 is 0.938 bits per heavy atom. The maximum absolute atomic E-state index is 12.0. The van der Waals surface area contributed by atoms with Crippen molar-refractivity contribution in [2.75, 3.05) is 78.6 Å². The van der Waals surface area contributed by atoms with Gasteiger partial charge >= 0.3 is 0 Å². The van der Waals surface area contributed by atoms with Gasteiger partial charge in [-0.2, -0.15) is 4.98 Å². The first kappa shape index (κ1) is 23.1. The fourth-order valence-corrected chi connectivity index (χ4v) is 5.29. The van der Waals surface area contributed by atoms with Gasteiger partial charge in [-0.05, 0) is 12.8 Å². The standard InChI is InChI=1S/C22H36N8OS/c1-3-5-9-28(10-6-4-2)20-19-18(24-17-25-20)21(29-13-15-32(31)16-14-29)27-22(26-19)30-11-7-23-8-12-30/h17,23H,3-16H2,1-2H3. The van der Waals surface area contributed by atoms with Gasteiger partial charge < -0.3 is 20.0 Å². The van der Waals surface area contributed by atoms with Crippen LogP contribution in [0.5, 0.6) is 0 Å². The van der Waals surface area contributed by atoms with Crippen molar-refractivity contribution in [3.63, 3.8) is 0 Å². The Hall–Kier alpha value is -2.07. The van der Waals surface area contributed by atoms with Gasteiger partial charge in [0, 0.05) is 74.7 Å². The lowest BCUT2D eigenvalue weighted by molar-refractivity contribution is 0.580. The molecular weight excluding hydrogens is 424 g/mol. The van der Waals surface area contributed by atoms with Gasteiger partial charge in [0.15, 0.2) is 11.6 Å². The summed E-state index contributed by atoms with van der Waals surface area (Å²) in [4.78, 5) is 26.3. The molecular formula is C22H36N8OS. The molecule has 10 heteroatoms. The number of anilines is 3. The largest absolute Gasteiger partial charge is 0.355 e. The Morgan fingerprint density at radius 3 is 2.28 bits per heavy atom. The van der Waals surface area contributed by atoms with E-state index in [0.29, 0.717) is 11.5 Å². The highest BCUT2D eigenvalue weighted by molar-refractivity contribution is 7.85. The summed E-state index contributed by atoms with van der Waals surface area (Å²) >= 11 is 0. The summed E-state index contributed by atoms with van der Waals surface area (Å²) in [6, 6.07) is 0. The normalized spacial score (nSPS) is 17.8. The van der Waals surface area contributed by atoms with Crippen molar-refractivity contribution in [2.24, 2.45) is 0 Å². The second-order valence-electron chi connectivity index (χ2n) is 8.51. The number of piperazine rings is 1. The molecule has 2 aliphatic rings. The summed E-state index contributed by atoms with van der Waals surface area (Å²) in [5, 5.41) is 3.41. The topological polar surface area (TPSA) is 90.4 Å². The first-order valence-corrected chi connectivity index (χ1v) is 13.5. The van der Waals surface area contributed by atoms with Crippen LogP contribution in [0.25, 0.3) is 11.0 Å². The average molecular weight is 461 g/mol. The molecule has 0 saturated carbocycles. The van der Waals surface area contributed by atoms with Crippen LogP contribution in [0.1, 0.15) is 39.5 Å². The van der Waals surface area contributed by atoms with E-state index in [1.165, 1.54) is 0 Å². The number of nitrogens with zero attached hydrogens (tertiary/aromatic N) is 7. The first-order chi connectivity index (χ1) is 15.7. The zero-order valence-electron chi connectivity index (χ0n) is 19.4. The smallest absolute Gasteiger partial charge is 0.228 e. The van der Waals surface area contributed by atoms with E-state index in [-0.39, 0.29) is 0 Å². The molecule has 32 heavy (non-hydrogen) atoms. The lowest BCUT2D eigenvalue weighted by Gasteiger charge is -2.32. The van der Waals surface area contributed by atoms with Crippen LogP contribution in [0.4, 0.5) is 17.6 Å². The fraction of sp³-hybridized carbons (Fsp3) is 0.727. The lowest BCUT2D eigenvalue weighted by atomic mass is 10.2. The fourth-order valence-electron chi connectivity index (χ4n) is 4.24. The average Bonchev–Trinajstić information content (AvgIpc) is 2.84. The zero-order chi connectivity index (χ0) is 22.3. The molecule has 4 rings (SSSR count). The van der Waals surface area contributed by atoms with Crippen molar-refractivity contribution in [2.45, 2.75) is 39.5 Å². The number of rotatable bonds is 9. The van der Waals surface area contributed by atoms with Crippen LogP contribution >= 0.6 is 0 Å². The van der Waals surface area contributed by atoms with Crippen molar-refractivity contribution in [3.8, 4) is 0 Å². The molecule has 2 aliphatic heterocycles. The number of hydrogen-bond acceptors (Lipinski definition) is 9. The highest BCUT2D eigenvalue weighted by Crippen LogP contribution is 2.31. The minimum Gasteiger partial charge on any atom is -0.355 e. The van der Waals surface area contributed by atoms with Gasteiger partial charge in [-0.25, -0.2) is 15.0 Å². The number of fused-ring (bicyclic) bond motifs is 1. The third-order valence-corrected chi connectivity index (χ3v) is 7.45. The maximum atomic E-state index is 12.0. The zero-order valence-corrected chi connectivity index (χ0v) is 20.2. The molecule has 9 nitrogen and oxygen atoms in total. The summed E-state index contributed by atoms with van der Waals surface area (Å²) in [5.41, 5.74) is 1.64. The second kappa shape index (κ2) is 11.2. The van der Waals surface area contributed by atoms with Crippen molar-refractivity contribution < 1.29 is 4.21 Å². The highest BCUT2D eigenvalue weighted by Gasteiger charge is 2.25. The molecule has 0 aliphatic carbocycles. The number of nitrogens with one attached hydrogen (secondary N) is 1. The molecule has 0 radical (unpaired) electrons. The molecule has 176 valence electrons. The molecule has 0 atom stereocenters. The molecule has 1 N–H and O–H groups in total. The predicted molar refractivity (Wildman–Crippen MR) is 132 cm³/mol. The van der Waals surface area contributed by atoms with Gasteiger partial charge in [0.25, 0.3) is 0 Å². The van der Waals surface area contributed by atoms with Crippen LogP contribution in [-0.2, 0) is 10.8 Å². The summed E-state index contributed by atoms with van der Waals surface area (Å²) in [6.07, 6.45) is 6.18. The van der Waals surface area contributed by atoms with Crippen LogP contribution in [0, 0.1) is 0 Å². The Labute approximate surface area is 193 Å². The van der Waals surface area contributed by atoms with Crippen molar-refractivity contribution in [1.29, 1.82) is 0 Å². The molecule has 2 fully saturated rings. The van der Waals surface area contributed by atoms with E-state index in [4.69, 9.17) is 15.0 Å². The monoisotopic (exact) mass is 460 g/mol. The molecule has 2 aromatic heterocycles. The van der Waals surface area contributed by atoms with Gasteiger partial charge in [-0.1, -0.05) is 26.7 Å². The van der Waals surface area contributed by atoms with Crippen molar-refractivity contribution in [3.05, 3.63) is 6.33 Å². The van der Waals surface area contributed by atoms with Crippen LogP contribution < -0.4 is 20.0 Å². The van der Waals surface area contributed by atoms with E-state index < -0.39 is 10.8 Å². The van der Waals surface area contributed by atoms with Crippen LogP contribution in [-0.4, -0.2) is 88.0 Å². The molecule has 0 bridgehead atoms. The van der Waals surface area contributed by atoms with Gasteiger partial charge in [-0.3, -0.25) is 4.21 Å². The molecule has 2 saturated heterocycles. The van der Waals surface area contributed by atoms with E-state index in [0.717, 1.165) is 107 Å². The third-order valence-electron chi connectivity index (χ3n) is 6.17. The van der Waals surface area contributed by atoms with E-state index >= 15 is 0 Å². The van der Waals surface area contributed by atoms with E-state index in [9.17, 15) is 4.21 Å². The number of unbranched alkanes of at least 4 members (excludes halogenated alkanes) is 2. The number of aromatic nitrogens is 4. The van der Waals surface area contributed by atoms with Crippen LogP contribution in [0.3, 0.4) is 0 Å². The summed E-state index contributed by atoms with van der Waals surface area (Å²) < 4.78 is 12.0. The molecule has 0 amide bonds. The minimum absolute atomic E-state index is 0.672. The maximum Gasteiger partial charge on any atom is 0.228 e. The summed E-state index contributed by atoms with van der Waals surface area (Å²) in [7, 11) is -0.742. The summed E-state index contributed by atoms with van der Waals surface area (Å²) in [6.45, 7) is 11.5. The van der Waals surface area contributed by atoms with Crippen LogP contribution in [0.2, 0.25) is 0 Å². The van der Waals surface area contributed by atoms with Gasteiger partial charge in [-0.15, -0.1) is 0 Å². The Kier molecular flexibility index (Phi) is 8.07. The van der Waals surface area contributed by atoms with Gasteiger partial charge in [0.2, 0.25) is 5.95 Å². The molecule has 4 heterocycles. The number of hydrogen-bond donors (Lipinski definition) is 1. The van der Waals surface area contributed by atoms with Crippen LogP contribution in [0.15, 0.2) is 6.33 Å². The minimum atomic E-state index is -0.742. The van der Waals surface area contributed by atoms with E-state index in [2.05, 4.69) is 38.8 Å². The SMILES string of the molecule is CCCCN(CCCC)c1ncnc2c(N3CCS(=O)CC3)nc(N3CCNCC3)nc12. The van der Waals surface area contributed by atoms with Gasteiger partial charge in [0.05, 0.1) is 0 Å². The highest BCUT2D eigenvalue weighted by atomic mass is 32.2. The molecule has 0 aromatic carbocycles.